The molecule has 0 unspecified atom stereocenters. The van der Waals surface area contributed by atoms with Gasteiger partial charge in [-0.15, -0.1) is 38.0 Å². The Kier molecular flexibility index (Phi) is 4.10. The molecule has 0 N–H and O–H groups in total. The van der Waals surface area contributed by atoms with Crippen molar-refractivity contribution < 1.29 is 4.39 Å². The molecule has 0 saturated heterocycles. The summed E-state index contributed by atoms with van der Waals surface area (Å²) in [5.41, 5.74) is 1.61. The number of halogens is 1. The third kappa shape index (κ3) is 2.85. The summed E-state index contributed by atoms with van der Waals surface area (Å²) in [7, 11) is 0. The minimum atomic E-state index is -0.353. The van der Waals surface area contributed by atoms with Crippen LogP contribution in [-0.4, -0.2) is 24.4 Å². The van der Waals surface area contributed by atoms with Gasteiger partial charge in [0.2, 0.25) is 0 Å². The molecule has 0 aliphatic carbocycles. The van der Waals surface area contributed by atoms with Crippen molar-refractivity contribution in [3.8, 4) is 21.1 Å². The number of rotatable bonds is 4. The molecule has 0 spiro atoms. The zero-order valence-electron chi connectivity index (χ0n) is 14.3. The van der Waals surface area contributed by atoms with E-state index in [-0.39, 0.29) is 23.8 Å². The van der Waals surface area contributed by atoms with Crippen molar-refractivity contribution in [2.75, 3.05) is 0 Å². The fraction of sp³-hybridized carbons (Fsp3) is 0.0526. The topological polar surface area (TPSA) is 65.1 Å². The van der Waals surface area contributed by atoms with Crippen LogP contribution in [-0.2, 0) is 6.54 Å². The van der Waals surface area contributed by atoms with Crippen LogP contribution >= 0.6 is 22.7 Å². The van der Waals surface area contributed by atoms with Gasteiger partial charge in [-0.05, 0) is 40.6 Å². The van der Waals surface area contributed by atoms with Gasteiger partial charge in [-0.2, -0.15) is 0 Å². The first-order chi connectivity index (χ1) is 13.7. The van der Waals surface area contributed by atoms with Crippen molar-refractivity contribution in [2.45, 2.75) is 6.54 Å². The fourth-order valence-electron chi connectivity index (χ4n) is 3.04. The molecule has 0 bridgehead atoms. The zero-order valence-corrected chi connectivity index (χ0v) is 16.0. The summed E-state index contributed by atoms with van der Waals surface area (Å²) in [6, 6.07) is 13.9. The Balaban J connectivity index is 1.74. The van der Waals surface area contributed by atoms with E-state index in [1.54, 1.807) is 12.1 Å². The average molecular weight is 409 g/mol. The SMILES string of the molecule is O=c1n(Cc2cccc(F)c2)nc2nnc(-c3cccs3)c(-c3cccs3)n12. The van der Waals surface area contributed by atoms with E-state index >= 15 is 0 Å². The third-order valence-corrected chi connectivity index (χ3v) is 5.99. The molecule has 4 heterocycles. The van der Waals surface area contributed by atoms with Gasteiger partial charge >= 0.3 is 5.69 Å². The number of aromatic nitrogens is 5. The molecule has 4 aromatic heterocycles. The Hall–Kier alpha value is -3.17. The molecule has 138 valence electrons. The number of benzene rings is 1. The normalized spacial score (nSPS) is 11.3. The number of hydrogen-bond acceptors (Lipinski definition) is 6. The summed E-state index contributed by atoms with van der Waals surface area (Å²) in [5.74, 6) is -0.140. The molecule has 0 amide bonds. The van der Waals surface area contributed by atoms with Crippen molar-refractivity contribution >= 4 is 28.5 Å². The van der Waals surface area contributed by atoms with Crippen LogP contribution in [0, 0.1) is 5.82 Å². The number of fused-ring (bicyclic) bond motifs is 1. The standard InChI is InChI=1S/C19H12FN5OS2/c20-13-5-1-4-12(10-13)11-24-19(26)25-17(15-7-3-9-28-15)16(14-6-2-8-27-14)21-22-18(25)23-24/h1-10H,11H2. The molecule has 28 heavy (non-hydrogen) atoms. The van der Waals surface area contributed by atoms with Crippen LogP contribution in [0.5, 0.6) is 0 Å². The van der Waals surface area contributed by atoms with Crippen molar-refractivity contribution in [3.05, 3.63) is 81.2 Å². The molecule has 5 aromatic rings. The van der Waals surface area contributed by atoms with Gasteiger partial charge in [0, 0.05) is 0 Å². The van der Waals surface area contributed by atoms with Gasteiger partial charge in [0.05, 0.1) is 16.3 Å². The van der Waals surface area contributed by atoms with Gasteiger partial charge < -0.3 is 0 Å². The Morgan fingerprint density at radius 3 is 2.46 bits per heavy atom. The maximum absolute atomic E-state index is 13.5. The fourth-order valence-corrected chi connectivity index (χ4v) is 4.51. The summed E-state index contributed by atoms with van der Waals surface area (Å²) in [6.07, 6.45) is 0. The smallest absolute Gasteiger partial charge is 0.245 e. The predicted octanol–water partition coefficient (Wildman–Crippen LogP) is 3.93. The lowest BCUT2D eigenvalue weighted by Crippen LogP contribution is -2.23. The first kappa shape index (κ1) is 17.0. The van der Waals surface area contributed by atoms with E-state index in [0.717, 1.165) is 9.75 Å². The number of nitrogens with zero attached hydrogens (tertiary/aromatic N) is 5. The quantitative estimate of drug-likeness (QED) is 0.451. The third-order valence-electron chi connectivity index (χ3n) is 4.24. The Bertz CT molecular complexity index is 1320. The van der Waals surface area contributed by atoms with Crippen molar-refractivity contribution in [2.24, 2.45) is 0 Å². The Morgan fingerprint density at radius 2 is 1.75 bits per heavy atom. The Labute approximate surface area is 166 Å². The Morgan fingerprint density at radius 1 is 0.964 bits per heavy atom. The van der Waals surface area contributed by atoms with Crippen LogP contribution in [0.15, 0.2) is 64.1 Å². The molecule has 0 saturated carbocycles. The van der Waals surface area contributed by atoms with Gasteiger partial charge in [-0.3, -0.25) is 0 Å². The highest BCUT2D eigenvalue weighted by Crippen LogP contribution is 2.34. The summed E-state index contributed by atoms with van der Waals surface area (Å²) >= 11 is 3.05. The van der Waals surface area contributed by atoms with E-state index in [1.165, 1.54) is 43.9 Å². The summed E-state index contributed by atoms with van der Waals surface area (Å²) in [5, 5.41) is 16.7. The molecule has 0 aliphatic heterocycles. The predicted molar refractivity (Wildman–Crippen MR) is 107 cm³/mol. The molecule has 0 radical (unpaired) electrons. The van der Waals surface area contributed by atoms with Crippen LogP contribution in [0.2, 0.25) is 0 Å². The van der Waals surface area contributed by atoms with Crippen LogP contribution in [0.1, 0.15) is 5.56 Å². The van der Waals surface area contributed by atoms with Crippen LogP contribution in [0.3, 0.4) is 0 Å². The van der Waals surface area contributed by atoms with E-state index in [1.807, 2.05) is 35.0 Å². The first-order valence-corrected chi connectivity index (χ1v) is 10.1. The lowest BCUT2D eigenvalue weighted by Gasteiger charge is -2.06. The highest BCUT2D eigenvalue weighted by molar-refractivity contribution is 7.14. The first-order valence-electron chi connectivity index (χ1n) is 8.39. The van der Waals surface area contributed by atoms with E-state index < -0.39 is 0 Å². The molecule has 0 fully saturated rings. The number of thiophene rings is 2. The molecular formula is C19H12FN5OS2. The van der Waals surface area contributed by atoms with E-state index in [9.17, 15) is 9.18 Å². The van der Waals surface area contributed by atoms with Gasteiger partial charge in [0.25, 0.3) is 5.78 Å². The highest BCUT2D eigenvalue weighted by Gasteiger charge is 2.21. The average Bonchev–Trinajstić information content (AvgIpc) is 3.44. The van der Waals surface area contributed by atoms with E-state index in [0.29, 0.717) is 17.0 Å². The highest BCUT2D eigenvalue weighted by atomic mass is 32.1. The molecule has 9 heteroatoms. The van der Waals surface area contributed by atoms with Gasteiger partial charge in [-0.1, -0.05) is 24.3 Å². The summed E-state index contributed by atoms with van der Waals surface area (Å²) < 4.78 is 16.3. The second kappa shape index (κ2) is 6.77. The minimum Gasteiger partial charge on any atom is -0.245 e. The van der Waals surface area contributed by atoms with Crippen molar-refractivity contribution in [1.82, 2.24) is 24.4 Å². The van der Waals surface area contributed by atoms with Crippen LogP contribution in [0.4, 0.5) is 4.39 Å². The molecular weight excluding hydrogens is 397 g/mol. The largest absolute Gasteiger partial charge is 0.352 e. The maximum Gasteiger partial charge on any atom is 0.352 e. The van der Waals surface area contributed by atoms with Gasteiger partial charge in [-0.25, -0.2) is 18.3 Å². The molecule has 0 aliphatic rings. The lowest BCUT2D eigenvalue weighted by molar-refractivity contribution is 0.615. The van der Waals surface area contributed by atoms with E-state index in [2.05, 4.69) is 15.3 Å². The lowest BCUT2D eigenvalue weighted by atomic mass is 10.2. The van der Waals surface area contributed by atoms with Crippen LogP contribution in [0.25, 0.3) is 26.9 Å². The second-order valence-electron chi connectivity index (χ2n) is 6.06. The van der Waals surface area contributed by atoms with Crippen molar-refractivity contribution in [1.29, 1.82) is 0 Å². The van der Waals surface area contributed by atoms with Crippen LogP contribution < -0.4 is 5.69 Å². The van der Waals surface area contributed by atoms with Gasteiger partial charge in [0.1, 0.15) is 17.2 Å². The zero-order chi connectivity index (χ0) is 19.1. The van der Waals surface area contributed by atoms with Crippen molar-refractivity contribution in [3.63, 3.8) is 0 Å². The molecule has 1 aromatic carbocycles. The molecule has 0 atom stereocenters. The second-order valence-corrected chi connectivity index (χ2v) is 7.95. The monoisotopic (exact) mass is 409 g/mol. The summed E-state index contributed by atoms with van der Waals surface area (Å²) in [6.45, 7) is 0.151. The number of hydrogen-bond donors (Lipinski definition) is 0. The molecule has 5 rings (SSSR count). The molecule has 6 nitrogen and oxygen atoms in total. The van der Waals surface area contributed by atoms with Gasteiger partial charge in [0.15, 0.2) is 0 Å². The minimum absolute atomic E-state index is 0.151. The maximum atomic E-state index is 13.5. The summed E-state index contributed by atoms with van der Waals surface area (Å²) in [4.78, 5) is 15.0. The van der Waals surface area contributed by atoms with E-state index in [4.69, 9.17) is 0 Å².